The van der Waals surface area contributed by atoms with Gasteiger partial charge in [0.15, 0.2) is 11.1 Å². The van der Waals surface area contributed by atoms with Crippen molar-refractivity contribution in [2.24, 2.45) is 0 Å². The highest BCUT2D eigenvalue weighted by atomic mass is 16.4. The molecule has 0 aliphatic rings. The SMILES string of the molecule is CCn1c(O)c(-c2nc3ccccc3o2)c(=O)n(CC)c1=N. The molecule has 0 atom stereocenters. The van der Waals surface area contributed by atoms with Gasteiger partial charge >= 0.3 is 0 Å². The van der Waals surface area contributed by atoms with Crippen molar-refractivity contribution in [3.8, 4) is 17.3 Å². The molecule has 7 heteroatoms. The smallest absolute Gasteiger partial charge is 0.271 e. The van der Waals surface area contributed by atoms with Crippen LogP contribution in [0.15, 0.2) is 33.5 Å². The van der Waals surface area contributed by atoms with Gasteiger partial charge in [-0.25, -0.2) is 4.98 Å². The summed E-state index contributed by atoms with van der Waals surface area (Å²) in [5.41, 5.74) is 0.596. The maximum absolute atomic E-state index is 12.6. The van der Waals surface area contributed by atoms with Crippen LogP contribution in [0.5, 0.6) is 5.88 Å². The molecule has 0 aliphatic heterocycles. The molecule has 3 aromatic rings. The standard InChI is InChI=1S/C15H16N4O3/c1-3-18-13(20)11(14(21)19(4-2)15(18)16)12-17-9-7-5-6-8-10(9)22-12/h5-8,16,20H,3-4H2,1-2H3. The molecule has 0 unspecified atom stereocenters. The van der Waals surface area contributed by atoms with Gasteiger partial charge in [0.1, 0.15) is 5.52 Å². The highest BCUT2D eigenvalue weighted by molar-refractivity contribution is 5.76. The van der Waals surface area contributed by atoms with Gasteiger partial charge in [-0.3, -0.25) is 19.3 Å². The van der Waals surface area contributed by atoms with Crippen molar-refractivity contribution >= 4 is 11.1 Å². The second-order valence-corrected chi connectivity index (χ2v) is 4.80. The molecule has 0 saturated carbocycles. The lowest BCUT2D eigenvalue weighted by Crippen LogP contribution is -2.40. The van der Waals surface area contributed by atoms with Crippen molar-refractivity contribution in [3.63, 3.8) is 0 Å². The molecule has 7 nitrogen and oxygen atoms in total. The normalized spacial score (nSPS) is 11.2. The van der Waals surface area contributed by atoms with Gasteiger partial charge < -0.3 is 9.52 Å². The summed E-state index contributed by atoms with van der Waals surface area (Å²) in [6.45, 7) is 4.24. The lowest BCUT2D eigenvalue weighted by Gasteiger charge is -2.13. The second-order valence-electron chi connectivity index (χ2n) is 4.80. The van der Waals surface area contributed by atoms with E-state index in [-0.39, 0.29) is 23.0 Å². The summed E-state index contributed by atoms with van der Waals surface area (Å²) in [7, 11) is 0. The molecule has 0 radical (unpaired) electrons. The second kappa shape index (κ2) is 5.18. The third-order valence-corrected chi connectivity index (χ3v) is 3.59. The zero-order chi connectivity index (χ0) is 15.9. The van der Waals surface area contributed by atoms with Gasteiger partial charge in [-0.05, 0) is 26.0 Å². The summed E-state index contributed by atoms with van der Waals surface area (Å²) in [6.07, 6.45) is 0. The molecule has 0 amide bonds. The van der Waals surface area contributed by atoms with Gasteiger partial charge in [-0.2, -0.15) is 0 Å². The van der Waals surface area contributed by atoms with Crippen LogP contribution in [0.25, 0.3) is 22.6 Å². The molecule has 2 aromatic heterocycles. The minimum Gasteiger partial charge on any atom is -0.494 e. The van der Waals surface area contributed by atoms with Crippen LogP contribution in [-0.2, 0) is 13.1 Å². The van der Waals surface area contributed by atoms with E-state index in [1.165, 1.54) is 9.13 Å². The van der Waals surface area contributed by atoms with E-state index >= 15 is 0 Å². The zero-order valence-electron chi connectivity index (χ0n) is 12.3. The number of nitrogens with one attached hydrogen (secondary N) is 1. The van der Waals surface area contributed by atoms with E-state index in [0.29, 0.717) is 24.2 Å². The molecule has 2 heterocycles. The Kier molecular flexibility index (Phi) is 3.32. The molecule has 114 valence electrons. The van der Waals surface area contributed by atoms with Crippen molar-refractivity contribution in [2.45, 2.75) is 26.9 Å². The Morgan fingerprint density at radius 2 is 1.91 bits per heavy atom. The predicted octanol–water partition coefficient (Wildman–Crippen LogP) is 1.68. The summed E-state index contributed by atoms with van der Waals surface area (Å²) < 4.78 is 8.21. The summed E-state index contributed by atoms with van der Waals surface area (Å²) in [5.74, 6) is -0.234. The van der Waals surface area contributed by atoms with Crippen molar-refractivity contribution in [1.82, 2.24) is 14.1 Å². The Balaban J connectivity index is 2.39. The maximum atomic E-state index is 12.6. The fraction of sp³-hybridized carbons (Fsp3) is 0.267. The van der Waals surface area contributed by atoms with Crippen LogP contribution >= 0.6 is 0 Å². The number of aromatic hydroxyl groups is 1. The first-order valence-electron chi connectivity index (χ1n) is 7.05. The van der Waals surface area contributed by atoms with Gasteiger partial charge in [-0.1, -0.05) is 12.1 Å². The number of fused-ring (bicyclic) bond motifs is 1. The summed E-state index contributed by atoms with van der Waals surface area (Å²) in [4.78, 5) is 16.8. The molecule has 0 aliphatic carbocycles. The van der Waals surface area contributed by atoms with Crippen molar-refractivity contribution < 1.29 is 9.52 Å². The Morgan fingerprint density at radius 1 is 1.23 bits per heavy atom. The van der Waals surface area contributed by atoms with Crippen LogP contribution in [0, 0.1) is 5.41 Å². The molecule has 0 bridgehead atoms. The van der Waals surface area contributed by atoms with Crippen LogP contribution in [0.1, 0.15) is 13.8 Å². The van der Waals surface area contributed by atoms with Crippen LogP contribution in [0.4, 0.5) is 0 Å². The molecule has 0 spiro atoms. The Labute approximate surface area is 125 Å². The number of hydrogen-bond donors (Lipinski definition) is 2. The molecule has 2 N–H and O–H groups in total. The first-order chi connectivity index (χ1) is 10.6. The van der Waals surface area contributed by atoms with Gasteiger partial charge in [0.05, 0.1) is 0 Å². The molecule has 1 aromatic carbocycles. The van der Waals surface area contributed by atoms with Crippen molar-refractivity contribution in [2.75, 3.05) is 0 Å². The van der Waals surface area contributed by atoms with Gasteiger partial charge in [0, 0.05) is 13.1 Å². The zero-order valence-corrected chi connectivity index (χ0v) is 12.3. The quantitative estimate of drug-likeness (QED) is 0.769. The maximum Gasteiger partial charge on any atom is 0.271 e. The summed E-state index contributed by atoms with van der Waals surface area (Å²) >= 11 is 0. The third kappa shape index (κ3) is 1.93. The Morgan fingerprint density at radius 3 is 2.55 bits per heavy atom. The highest BCUT2D eigenvalue weighted by Crippen LogP contribution is 2.27. The fourth-order valence-electron chi connectivity index (χ4n) is 2.47. The number of oxazole rings is 1. The predicted molar refractivity (Wildman–Crippen MR) is 80.6 cm³/mol. The van der Waals surface area contributed by atoms with E-state index in [0.717, 1.165) is 0 Å². The highest BCUT2D eigenvalue weighted by Gasteiger charge is 2.22. The number of rotatable bonds is 3. The fourth-order valence-corrected chi connectivity index (χ4v) is 2.47. The van der Waals surface area contributed by atoms with E-state index < -0.39 is 5.56 Å². The van der Waals surface area contributed by atoms with Crippen LogP contribution in [0.2, 0.25) is 0 Å². The molecule has 3 rings (SSSR count). The molecule has 22 heavy (non-hydrogen) atoms. The summed E-state index contributed by atoms with van der Waals surface area (Å²) in [6, 6.07) is 7.14. The number of nitrogens with zero attached hydrogens (tertiary/aromatic N) is 3. The first kappa shape index (κ1) is 14.1. The van der Waals surface area contributed by atoms with E-state index in [4.69, 9.17) is 9.83 Å². The molecular formula is C15H16N4O3. The third-order valence-electron chi connectivity index (χ3n) is 3.59. The summed E-state index contributed by atoms with van der Waals surface area (Å²) in [5, 5.41) is 18.4. The first-order valence-corrected chi connectivity index (χ1v) is 7.05. The Hall–Kier alpha value is -2.83. The van der Waals surface area contributed by atoms with Crippen LogP contribution < -0.4 is 11.2 Å². The van der Waals surface area contributed by atoms with Crippen LogP contribution in [-0.4, -0.2) is 19.2 Å². The lowest BCUT2D eigenvalue weighted by molar-refractivity contribution is 0.390. The van der Waals surface area contributed by atoms with E-state index in [9.17, 15) is 9.90 Å². The number of hydrogen-bond acceptors (Lipinski definition) is 5. The van der Waals surface area contributed by atoms with Gasteiger partial charge in [0.25, 0.3) is 5.56 Å². The average Bonchev–Trinajstić information content (AvgIpc) is 2.91. The van der Waals surface area contributed by atoms with E-state index in [2.05, 4.69) is 4.98 Å². The number of para-hydroxylation sites is 2. The monoisotopic (exact) mass is 300 g/mol. The minimum atomic E-state index is -0.485. The van der Waals surface area contributed by atoms with Crippen molar-refractivity contribution in [1.29, 1.82) is 5.41 Å². The minimum absolute atomic E-state index is 0.0177. The van der Waals surface area contributed by atoms with Crippen molar-refractivity contribution in [3.05, 3.63) is 40.2 Å². The largest absolute Gasteiger partial charge is 0.494 e. The van der Waals surface area contributed by atoms with Gasteiger partial charge in [-0.15, -0.1) is 0 Å². The molecule has 0 saturated heterocycles. The Bertz CT molecular complexity index is 932. The molecular weight excluding hydrogens is 284 g/mol. The van der Waals surface area contributed by atoms with E-state index in [1.807, 2.05) is 6.07 Å². The van der Waals surface area contributed by atoms with Gasteiger partial charge in [0.2, 0.25) is 17.4 Å². The number of aromatic nitrogens is 3. The lowest BCUT2D eigenvalue weighted by atomic mass is 10.3. The topological polar surface area (TPSA) is 97.0 Å². The number of benzene rings is 1. The molecule has 0 fully saturated rings. The van der Waals surface area contributed by atoms with Crippen LogP contribution in [0.3, 0.4) is 0 Å². The average molecular weight is 300 g/mol. The van der Waals surface area contributed by atoms with E-state index in [1.54, 1.807) is 32.0 Å².